The van der Waals surface area contributed by atoms with Crippen LogP contribution in [0.5, 0.6) is 0 Å². The van der Waals surface area contributed by atoms with Crippen molar-refractivity contribution in [2.24, 2.45) is 0 Å². The van der Waals surface area contributed by atoms with E-state index in [1.165, 1.54) is 10.9 Å². The maximum atomic E-state index is 11.8. The molecule has 0 bridgehead atoms. The normalized spacial score (nSPS) is 10.7. The fourth-order valence-electron chi connectivity index (χ4n) is 2.08. The van der Waals surface area contributed by atoms with E-state index in [0.717, 1.165) is 16.5 Å². The number of fused-ring (bicyclic) bond motifs is 1. The molecule has 0 aliphatic rings. The summed E-state index contributed by atoms with van der Waals surface area (Å²) in [5.41, 5.74) is 7.86. The van der Waals surface area contributed by atoms with Gasteiger partial charge in [0.1, 0.15) is 13.2 Å². The standard InChI is InChI=1S/C15H14N4O2/c16-12-7-18-19(8-12)9-15(20)21-10-11-5-6-17-14-4-2-1-3-13(11)14/h1-8H,9-10,16H2. The molecule has 2 N–H and O–H groups in total. The van der Waals surface area contributed by atoms with Gasteiger partial charge in [0.2, 0.25) is 0 Å². The van der Waals surface area contributed by atoms with Gasteiger partial charge >= 0.3 is 5.97 Å². The summed E-state index contributed by atoms with van der Waals surface area (Å²) >= 11 is 0. The van der Waals surface area contributed by atoms with Crippen molar-refractivity contribution in [1.29, 1.82) is 0 Å². The summed E-state index contributed by atoms with van der Waals surface area (Å²) in [5.74, 6) is -0.362. The van der Waals surface area contributed by atoms with Crippen molar-refractivity contribution in [1.82, 2.24) is 14.8 Å². The number of para-hydroxylation sites is 1. The highest BCUT2D eigenvalue weighted by molar-refractivity contribution is 5.82. The zero-order chi connectivity index (χ0) is 14.7. The van der Waals surface area contributed by atoms with E-state index in [4.69, 9.17) is 10.5 Å². The van der Waals surface area contributed by atoms with Crippen LogP contribution in [0.2, 0.25) is 0 Å². The van der Waals surface area contributed by atoms with E-state index < -0.39 is 0 Å². The van der Waals surface area contributed by atoms with Crippen molar-refractivity contribution in [3.05, 3.63) is 54.5 Å². The van der Waals surface area contributed by atoms with Gasteiger partial charge in [-0.15, -0.1) is 0 Å². The molecule has 0 radical (unpaired) electrons. The molecule has 0 fully saturated rings. The van der Waals surface area contributed by atoms with Crippen molar-refractivity contribution in [3.63, 3.8) is 0 Å². The Labute approximate surface area is 121 Å². The lowest BCUT2D eigenvalue weighted by Gasteiger charge is -2.07. The number of carbonyl (C=O) groups excluding carboxylic acids is 1. The number of hydrogen-bond donors (Lipinski definition) is 1. The SMILES string of the molecule is Nc1cnn(CC(=O)OCc2ccnc3ccccc23)c1. The number of anilines is 1. The Morgan fingerprint density at radius 2 is 2.14 bits per heavy atom. The molecule has 2 aromatic heterocycles. The van der Waals surface area contributed by atoms with Crippen LogP contribution < -0.4 is 5.73 Å². The predicted molar refractivity (Wildman–Crippen MR) is 78.2 cm³/mol. The number of esters is 1. The Balaban J connectivity index is 1.67. The minimum Gasteiger partial charge on any atom is -0.459 e. The maximum absolute atomic E-state index is 11.8. The molecule has 6 nitrogen and oxygen atoms in total. The third-order valence-corrected chi connectivity index (χ3v) is 3.07. The van der Waals surface area contributed by atoms with Crippen LogP contribution >= 0.6 is 0 Å². The van der Waals surface area contributed by atoms with E-state index in [-0.39, 0.29) is 19.1 Å². The summed E-state index contributed by atoms with van der Waals surface area (Å²) in [5, 5.41) is 4.92. The molecular formula is C15H14N4O2. The number of hydrogen-bond acceptors (Lipinski definition) is 5. The number of nitrogens with two attached hydrogens (primary N) is 1. The first-order chi connectivity index (χ1) is 10.2. The van der Waals surface area contributed by atoms with Gasteiger partial charge in [-0.25, -0.2) is 0 Å². The number of pyridine rings is 1. The summed E-state index contributed by atoms with van der Waals surface area (Å²) < 4.78 is 6.73. The van der Waals surface area contributed by atoms with E-state index in [0.29, 0.717) is 5.69 Å². The highest BCUT2D eigenvalue weighted by Gasteiger charge is 2.08. The van der Waals surface area contributed by atoms with Gasteiger partial charge in [-0.1, -0.05) is 18.2 Å². The molecule has 0 aliphatic carbocycles. The van der Waals surface area contributed by atoms with Gasteiger partial charge in [-0.2, -0.15) is 5.10 Å². The van der Waals surface area contributed by atoms with Gasteiger partial charge in [0.25, 0.3) is 0 Å². The number of rotatable bonds is 4. The third-order valence-electron chi connectivity index (χ3n) is 3.07. The number of nitrogen functional groups attached to an aromatic ring is 1. The van der Waals surface area contributed by atoms with Crippen molar-refractivity contribution in [2.75, 3.05) is 5.73 Å². The highest BCUT2D eigenvalue weighted by atomic mass is 16.5. The third kappa shape index (κ3) is 3.00. The van der Waals surface area contributed by atoms with Crippen molar-refractivity contribution < 1.29 is 9.53 Å². The first-order valence-electron chi connectivity index (χ1n) is 6.48. The zero-order valence-electron chi connectivity index (χ0n) is 11.3. The van der Waals surface area contributed by atoms with Crippen LogP contribution in [-0.4, -0.2) is 20.7 Å². The molecule has 3 rings (SSSR count). The molecule has 1 aromatic carbocycles. The lowest BCUT2D eigenvalue weighted by molar-refractivity contribution is -0.145. The molecule has 0 unspecified atom stereocenters. The molecule has 0 aliphatic heterocycles. The van der Waals surface area contributed by atoms with Gasteiger partial charge < -0.3 is 10.5 Å². The van der Waals surface area contributed by atoms with Crippen molar-refractivity contribution in [3.8, 4) is 0 Å². The minimum atomic E-state index is -0.362. The lowest BCUT2D eigenvalue weighted by atomic mass is 10.1. The lowest BCUT2D eigenvalue weighted by Crippen LogP contribution is -2.14. The highest BCUT2D eigenvalue weighted by Crippen LogP contribution is 2.16. The Morgan fingerprint density at radius 3 is 2.95 bits per heavy atom. The summed E-state index contributed by atoms with van der Waals surface area (Å²) in [6.07, 6.45) is 4.78. The van der Waals surface area contributed by atoms with E-state index in [2.05, 4.69) is 10.1 Å². The number of ether oxygens (including phenoxy) is 1. The van der Waals surface area contributed by atoms with Gasteiger partial charge in [0.05, 0.1) is 17.4 Å². The average Bonchev–Trinajstić information content (AvgIpc) is 2.90. The van der Waals surface area contributed by atoms with Crippen molar-refractivity contribution >= 4 is 22.6 Å². The van der Waals surface area contributed by atoms with Gasteiger partial charge in [-0.3, -0.25) is 14.5 Å². The van der Waals surface area contributed by atoms with Gasteiger partial charge in [0, 0.05) is 23.3 Å². The fraction of sp³-hybridized carbons (Fsp3) is 0.133. The molecule has 0 amide bonds. The monoisotopic (exact) mass is 282 g/mol. The van der Waals surface area contributed by atoms with Crippen LogP contribution in [0.1, 0.15) is 5.56 Å². The van der Waals surface area contributed by atoms with Gasteiger partial charge in [-0.05, 0) is 12.1 Å². The molecular weight excluding hydrogens is 268 g/mol. The second-order valence-corrected chi connectivity index (χ2v) is 4.62. The summed E-state index contributed by atoms with van der Waals surface area (Å²) in [6, 6.07) is 9.59. The van der Waals surface area contributed by atoms with E-state index in [1.54, 1.807) is 12.4 Å². The molecule has 6 heteroatoms. The van der Waals surface area contributed by atoms with Crippen LogP contribution in [0.25, 0.3) is 10.9 Å². The molecule has 21 heavy (non-hydrogen) atoms. The number of aromatic nitrogens is 3. The molecule has 3 aromatic rings. The minimum absolute atomic E-state index is 0.0419. The first-order valence-corrected chi connectivity index (χ1v) is 6.48. The quantitative estimate of drug-likeness (QED) is 0.737. The summed E-state index contributed by atoms with van der Waals surface area (Å²) in [6.45, 7) is 0.249. The topological polar surface area (TPSA) is 83.0 Å². The first kappa shape index (κ1) is 13.1. The molecule has 0 saturated heterocycles. The van der Waals surface area contributed by atoms with E-state index in [1.807, 2.05) is 30.3 Å². The molecule has 106 valence electrons. The van der Waals surface area contributed by atoms with Crippen LogP contribution in [0.4, 0.5) is 5.69 Å². The molecule has 0 spiro atoms. The Morgan fingerprint density at radius 1 is 1.29 bits per heavy atom. The number of nitrogens with zero attached hydrogens (tertiary/aromatic N) is 3. The molecule has 0 saturated carbocycles. The largest absolute Gasteiger partial charge is 0.459 e. The fourth-order valence-corrected chi connectivity index (χ4v) is 2.08. The molecule has 0 atom stereocenters. The molecule has 2 heterocycles. The van der Waals surface area contributed by atoms with Crippen LogP contribution in [0, 0.1) is 0 Å². The average molecular weight is 282 g/mol. The zero-order valence-corrected chi connectivity index (χ0v) is 11.3. The Bertz CT molecular complexity index is 777. The van der Waals surface area contributed by atoms with Crippen LogP contribution in [0.3, 0.4) is 0 Å². The Kier molecular flexibility index (Phi) is 3.51. The maximum Gasteiger partial charge on any atom is 0.328 e. The van der Waals surface area contributed by atoms with E-state index >= 15 is 0 Å². The summed E-state index contributed by atoms with van der Waals surface area (Å²) in [4.78, 5) is 16.1. The van der Waals surface area contributed by atoms with Crippen molar-refractivity contribution in [2.45, 2.75) is 13.2 Å². The number of benzene rings is 1. The number of carbonyl (C=O) groups is 1. The second kappa shape index (κ2) is 5.62. The predicted octanol–water partition coefficient (Wildman–Crippen LogP) is 1.76. The van der Waals surface area contributed by atoms with Crippen LogP contribution in [0.15, 0.2) is 48.9 Å². The summed E-state index contributed by atoms with van der Waals surface area (Å²) in [7, 11) is 0. The van der Waals surface area contributed by atoms with Gasteiger partial charge in [0.15, 0.2) is 0 Å². The smallest absolute Gasteiger partial charge is 0.328 e. The second-order valence-electron chi connectivity index (χ2n) is 4.62. The Hall–Kier alpha value is -2.89. The van der Waals surface area contributed by atoms with E-state index in [9.17, 15) is 4.79 Å². The van der Waals surface area contributed by atoms with Crippen LogP contribution in [-0.2, 0) is 22.7 Å².